The number of likely N-dealkylation sites (N-methyl/N-ethyl adjacent to an activating group) is 1. The van der Waals surface area contributed by atoms with Crippen LogP contribution in [0.1, 0.15) is 6.42 Å². The van der Waals surface area contributed by atoms with Crippen LogP contribution in [0.3, 0.4) is 0 Å². The number of nitrogens with zero attached hydrogens (tertiary/aromatic N) is 3. The molecule has 1 heterocycles. The maximum atomic E-state index is 5.10. The van der Waals surface area contributed by atoms with E-state index in [4.69, 9.17) is 4.74 Å². The average Bonchev–Trinajstić information content (AvgIpc) is 3.08. The van der Waals surface area contributed by atoms with Crippen molar-refractivity contribution in [3.63, 3.8) is 0 Å². The average molecular weight is 540 g/mol. The minimum Gasteiger partial charge on any atom is -0.383 e. The van der Waals surface area contributed by atoms with Crippen molar-refractivity contribution in [2.24, 2.45) is 4.99 Å². The predicted octanol–water partition coefficient (Wildman–Crippen LogP) is 2.39. The molecular weight excluding hydrogens is 509 g/mol. The number of nitrogens with one attached hydrogen (secondary N) is 2. The quantitative estimate of drug-likeness (QED) is 0.302. The number of aliphatic imine (C=N–C) groups is 1. The molecule has 1 saturated heterocycles. The van der Waals surface area contributed by atoms with Gasteiger partial charge in [0.1, 0.15) is 0 Å². The summed E-state index contributed by atoms with van der Waals surface area (Å²) in [5.41, 5.74) is 1.27. The third-order valence-electron chi connectivity index (χ3n) is 4.41. The molecule has 0 radical (unpaired) electrons. The van der Waals surface area contributed by atoms with Crippen LogP contribution < -0.4 is 15.5 Å². The van der Waals surface area contributed by atoms with Gasteiger partial charge in [0.05, 0.1) is 6.61 Å². The van der Waals surface area contributed by atoms with Crippen molar-refractivity contribution >= 4 is 51.6 Å². The summed E-state index contributed by atoms with van der Waals surface area (Å²) in [5.74, 6) is 0.878. The molecule has 2 rings (SSSR count). The molecule has 26 heavy (non-hydrogen) atoms. The highest BCUT2D eigenvalue weighted by molar-refractivity contribution is 14.0. The fraction of sp³-hybridized carbons (Fsp3) is 0.611. The Morgan fingerprint density at radius 3 is 2.73 bits per heavy atom. The Hall–Kier alpha value is -0.580. The highest BCUT2D eigenvalue weighted by atomic mass is 127. The van der Waals surface area contributed by atoms with E-state index >= 15 is 0 Å². The van der Waals surface area contributed by atoms with Gasteiger partial charge in [0, 0.05) is 63.1 Å². The van der Waals surface area contributed by atoms with Crippen molar-refractivity contribution < 1.29 is 4.74 Å². The molecule has 148 valence electrons. The lowest BCUT2D eigenvalue weighted by atomic mass is 10.3. The molecule has 0 saturated carbocycles. The lowest BCUT2D eigenvalue weighted by molar-refractivity contribution is 0.162. The number of hydrogen-bond donors (Lipinski definition) is 2. The molecule has 1 aliphatic rings. The molecule has 1 aromatic carbocycles. The second-order valence-corrected chi connectivity index (χ2v) is 7.26. The lowest BCUT2D eigenvalue weighted by Gasteiger charge is -2.21. The number of halogens is 2. The van der Waals surface area contributed by atoms with Crippen LogP contribution in [0, 0.1) is 0 Å². The smallest absolute Gasteiger partial charge is 0.191 e. The maximum absolute atomic E-state index is 5.10. The van der Waals surface area contributed by atoms with Gasteiger partial charge in [0.25, 0.3) is 0 Å². The van der Waals surface area contributed by atoms with Crippen molar-refractivity contribution in [1.82, 2.24) is 15.5 Å². The van der Waals surface area contributed by atoms with E-state index in [-0.39, 0.29) is 24.0 Å². The molecule has 1 atom stereocenters. The Morgan fingerprint density at radius 1 is 1.35 bits per heavy atom. The van der Waals surface area contributed by atoms with Gasteiger partial charge in [0.2, 0.25) is 0 Å². The molecule has 0 aliphatic carbocycles. The summed E-state index contributed by atoms with van der Waals surface area (Å²) in [6, 6.07) is 8.93. The highest BCUT2D eigenvalue weighted by Crippen LogP contribution is 2.22. The summed E-state index contributed by atoms with van der Waals surface area (Å²) in [4.78, 5) is 9.00. The van der Waals surface area contributed by atoms with E-state index in [1.165, 1.54) is 5.69 Å². The van der Waals surface area contributed by atoms with Gasteiger partial charge in [-0.15, -0.1) is 24.0 Å². The second-order valence-electron chi connectivity index (χ2n) is 6.35. The van der Waals surface area contributed by atoms with Gasteiger partial charge in [-0.05, 0) is 37.7 Å². The Kier molecular flexibility index (Phi) is 11.5. The molecule has 6 nitrogen and oxygen atoms in total. The fourth-order valence-electron chi connectivity index (χ4n) is 2.88. The summed E-state index contributed by atoms with van der Waals surface area (Å²) < 4.78 is 6.21. The van der Waals surface area contributed by atoms with Crippen molar-refractivity contribution in [2.75, 3.05) is 65.4 Å². The van der Waals surface area contributed by atoms with Crippen LogP contribution in [-0.4, -0.2) is 77.4 Å². The van der Waals surface area contributed by atoms with Crippen molar-refractivity contribution in [2.45, 2.75) is 12.5 Å². The summed E-state index contributed by atoms with van der Waals surface area (Å²) in [6.45, 7) is 5.58. The van der Waals surface area contributed by atoms with Crippen molar-refractivity contribution in [3.05, 3.63) is 28.7 Å². The first-order valence-electron chi connectivity index (χ1n) is 8.77. The van der Waals surface area contributed by atoms with Gasteiger partial charge >= 0.3 is 0 Å². The molecular formula is C18H31BrIN5O. The standard InChI is InChI=1S/C18H30BrN5O.HI/c1-20-18(21-9-11-23(2)12-13-25-3)22-16-8-10-24(14-16)17-6-4-15(19)5-7-17;/h4-7,16H,8-14H2,1-3H3,(H2,20,21,22);1H. The van der Waals surface area contributed by atoms with Crippen molar-refractivity contribution in [1.29, 1.82) is 0 Å². The number of hydrogen-bond acceptors (Lipinski definition) is 4. The van der Waals surface area contributed by atoms with Crippen LogP contribution in [0.2, 0.25) is 0 Å². The topological polar surface area (TPSA) is 52.1 Å². The number of methoxy groups -OCH3 is 1. The molecule has 0 amide bonds. The van der Waals surface area contributed by atoms with Gasteiger partial charge in [-0.25, -0.2) is 0 Å². The third-order valence-corrected chi connectivity index (χ3v) is 4.94. The first kappa shape index (κ1) is 23.5. The molecule has 8 heteroatoms. The number of benzene rings is 1. The van der Waals surface area contributed by atoms with Gasteiger partial charge in [-0.3, -0.25) is 4.99 Å². The largest absolute Gasteiger partial charge is 0.383 e. The number of guanidine groups is 1. The normalized spacial score (nSPS) is 17.3. The minimum absolute atomic E-state index is 0. The molecule has 0 bridgehead atoms. The first-order valence-corrected chi connectivity index (χ1v) is 9.57. The Morgan fingerprint density at radius 2 is 2.08 bits per heavy atom. The summed E-state index contributed by atoms with van der Waals surface area (Å²) >= 11 is 3.49. The monoisotopic (exact) mass is 539 g/mol. The summed E-state index contributed by atoms with van der Waals surface area (Å²) in [5, 5.41) is 6.94. The van der Waals surface area contributed by atoms with Crippen molar-refractivity contribution in [3.8, 4) is 0 Å². The Bertz CT molecular complexity index is 543. The molecule has 2 N–H and O–H groups in total. The molecule has 1 unspecified atom stereocenters. The highest BCUT2D eigenvalue weighted by Gasteiger charge is 2.23. The van der Waals surface area contributed by atoms with E-state index in [1.54, 1.807) is 7.11 Å². The van der Waals surface area contributed by atoms with E-state index in [1.807, 2.05) is 7.05 Å². The summed E-state index contributed by atoms with van der Waals surface area (Å²) in [6.07, 6.45) is 1.12. The fourth-order valence-corrected chi connectivity index (χ4v) is 3.14. The van der Waals surface area contributed by atoms with Crippen LogP contribution in [0.15, 0.2) is 33.7 Å². The number of anilines is 1. The van der Waals surface area contributed by atoms with E-state index in [9.17, 15) is 0 Å². The van der Waals surface area contributed by atoms with Crippen LogP contribution in [0.4, 0.5) is 5.69 Å². The third kappa shape index (κ3) is 7.98. The molecule has 0 spiro atoms. The van der Waals surface area contributed by atoms with Crippen LogP contribution >= 0.6 is 39.9 Å². The van der Waals surface area contributed by atoms with E-state index < -0.39 is 0 Å². The van der Waals surface area contributed by atoms with Gasteiger partial charge in [0.15, 0.2) is 5.96 Å². The molecule has 1 aliphatic heterocycles. The lowest BCUT2D eigenvalue weighted by Crippen LogP contribution is -2.46. The molecule has 0 aromatic heterocycles. The van der Waals surface area contributed by atoms with Gasteiger partial charge in [-0.2, -0.15) is 0 Å². The Labute approximate surface area is 182 Å². The Balaban J connectivity index is 0.00000338. The molecule has 1 aromatic rings. The predicted molar refractivity (Wildman–Crippen MR) is 124 cm³/mol. The SMILES string of the molecule is CN=C(NCCN(C)CCOC)NC1CCN(c2ccc(Br)cc2)C1.I. The summed E-state index contributed by atoms with van der Waals surface area (Å²) in [7, 11) is 5.66. The second kappa shape index (κ2) is 12.7. The number of ether oxygens (including phenoxy) is 1. The number of rotatable bonds is 8. The zero-order valence-electron chi connectivity index (χ0n) is 15.9. The van der Waals surface area contributed by atoms with Crippen LogP contribution in [0.25, 0.3) is 0 Å². The van der Waals surface area contributed by atoms with E-state index in [0.717, 1.165) is 56.2 Å². The zero-order chi connectivity index (χ0) is 18.1. The van der Waals surface area contributed by atoms with Crippen LogP contribution in [-0.2, 0) is 4.74 Å². The zero-order valence-corrected chi connectivity index (χ0v) is 19.8. The molecule has 1 fully saturated rings. The van der Waals surface area contributed by atoms with Gasteiger partial charge < -0.3 is 25.2 Å². The van der Waals surface area contributed by atoms with Crippen LogP contribution in [0.5, 0.6) is 0 Å². The maximum Gasteiger partial charge on any atom is 0.191 e. The van der Waals surface area contributed by atoms with E-state index in [2.05, 4.69) is 72.7 Å². The minimum atomic E-state index is 0. The first-order chi connectivity index (χ1) is 12.1. The van der Waals surface area contributed by atoms with E-state index in [0.29, 0.717) is 6.04 Å². The van der Waals surface area contributed by atoms with Gasteiger partial charge in [-0.1, -0.05) is 15.9 Å².